The van der Waals surface area contributed by atoms with E-state index in [9.17, 15) is 18.9 Å². The Morgan fingerprint density at radius 2 is 2.06 bits per heavy atom. The minimum absolute atomic E-state index is 0.0637. The van der Waals surface area contributed by atoms with Gasteiger partial charge >= 0.3 is 5.69 Å². The van der Waals surface area contributed by atoms with Crippen LogP contribution in [0.2, 0.25) is 5.15 Å². The lowest BCUT2D eigenvalue weighted by molar-refractivity contribution is -0.384. The van der Waals surface area contributed by atoms with E-state index in [0.717, 1.165) is 0 Å². The van der Waals surface area contributed by atoms with Gasteiger partial charge < -0.3 is 4.90 Å². The number of rotatable bonds is 2. The smallest absolute Gasteiger partial charge is 0.329 e. The second-order valence-corrected chi connectivity index (χ2v) is 4.43. The number of alkyl halides is 2. The lowest BCUT2D eigenvalue weighted by Gasteiger charge is -2.32. The SMILES string of the molecule is O=[N+]([O-])c1c(N2CCC(F)(F)CC2)ccnc1Cl. The van der Waals surface area contributed by atoms with Crippen LogP contribution in [0.1, 0.15) is 12.8 Å². The van der Waals surface area contributed by atoms with E-state index in [4.69, 9.17) is 11.6 Å². The van der Waals surface area contributed by atoms with Crippen LogP contribution >= 0.6 is 11.6 Å². The van der Waals surface area contributed by atoms with Crippen LogP contribution < -0.4 is 4.90 Å². The zero-order valence-corrected chi connectivity index (χ0v) is 10.0. The summed E-state index contributed by atoms with van der Waals surface area (Å²) >= 11 is 5.67. The van der Waals surface area contributed by atoms with Crippen molar-refractivity contribution < 1.29 is 13.7 Å². The van der Waals surface area contributed by atoms with Gasteiger partial charge in [-0.1, -0.05) is 11.6 Å². The van der Waals surface area contributed by atoms with Crippen LogP contribution in [-0.2, 0) is 0 Å². The third-order valence-corrected chi connectivity index (χ3v) is 3.15. The molecule has 0 bridgehead atoms. The first-order valence-electron chi connectivity index (χ1n) is 5.32. The average molecular weight is 278 g/mol. The number of aromatic nitrogens is 1. The van der Waals surface area contributed by atoms with Gasteiger partial charge in [0.05, 0.1) is 4.92 Å². The molecule has 1 aliphatic heterocycles. The van der Waals surface area contributed by atoms with Crippen molar-refractivity contribution in [3.8, 4) is 0 Å². The van der Waals surface area contributed by atoms with Gasteiger partial charge in [-0.15, -0.1) is 0 Å². The van der Waals surface area contributed by atoms with Gasteiger partial charge in [-0.25, -0.2) is 13.8 Å². The molecule has 1 fully saturated rings. The van der Waals surface area contributed by atoms with E-state index >= 15 is 0 Å². The fourth-order valence-electron chi connectivity index (χ4n) is 1.92. The Balaban J connectivity index is 2.30. The number of nitro groups is 1. The van der Waals surface area contributed by atoms with Crippen molar-refractivity contribution in [2.75, 3.05) is 18.0 Å². The van der Waals surface area contributed by atoms with E-state index < -0.39 is 10.8 Å². The van der Waals surface area contributed by atoms with E-state index in [0.29, 0.717) is 0 Å². The molecule has 1 aromatic rings. The van der Waals surface area contributed by atoms with Crippen molar-refractivity contribution in [2.24, 2.45) is 0 Å². The first-order valence-corrected chi connectivity index (χ1v) is 5.70. The number of piperidine rings is 1. The fraction of sp³-hybridized carbons (Fsp3) is 0.500. The Kier molecular flexibility index (Phi) is 3.34. The van der Waals surface area contributed by atoms with E-state index in [-0.39, 0.29) is 42.5 Å². The number of hydrogen-bond acceptors (Lipinski definition) is 4. The molecule has 0 radical (unpaired) electrons. The summed E-state index contributed by atoms with van der Waals surface area (Å²) < 4.78 is 26.1. The van der Waals surface area contributed by atoms with Crippen molar-refractivity contribution >= 4 is 23.0 Å². The van der Waals surface area contributed by atoms with Gasteiger partial charge in [0, 0.05) is 32.1 Å². The highest BCUT2D eigenvalue weighted by Crippen LogP contribution is 2.37. The van der Waals surface area contributed by atoms with E-state index in [1.165, 1.54) is 12.3 Å². The molecular weight excluding hydrogens is 268 g/mol. The predicted molar refractivity (Wildman–Crippen MR) is 62.3 cm³/mol. The van der Waals surface area contributed by atoms with Crippen molar-refractivity contribution in [2.45, 2.75) is 18.8 Å². The van der Waals surface area contributed by atoms with Crippen LogP contribution in [0.15, 0.2) is 12.3 Å². The summed E-state index contributed by atoms with van der Waals surface area (Å²) in [5.41, 5.74) is -0.0834. The second kappa shape index (κ2) is 4.64. The minimum Gasteiger partial charge on any atom is -0.365 e. The molecule has 0 N–H and O–H groups in total. The maximum Gasteiger partial charge on any atom is 0.329 e. The molecule has 8 heteroatoms. The molecule has 0 saturated carbocycles. The van der Waals surface area contributed by atoms with Gasteiger partial charge in [0.15, 0.2) is 0 Å². The fourth-order valence-corrected chi connectivity index (χ4v) is 2.14. The number of halogens is 3. The monoisotopic (exact) mass is 277 g/mol. The standard InChI is InChI=1S/C10H10ClF2N3O2/c11-9-8(16(17)18)7(1-4-14-9)15-5-2-10(12,13)3-6-15/h1,4H,2-3,5-6H2. The molecule has 0 atom stereocenters. The van der Waals surface area contributed by atoms with Gasteiger partial charge in [0.25, 0.3) is 5.92 Å². The summed E-state index contributed by atoms with van der Waals surface area (Å²) in [7, 11) is 0. The van der Waals surface area contributed by atoms with Crippen LogP contribution in [0.3, 0.4) is 0 Å². The molecule has 5 nitrogen and oxygen atoms in total. The number of pyridine rings is 1. The van der Waals surface area contributed by atoms with Gasteiger partial charge in [0.1, 0.15) is 5.69 Å². The Hall–Kier alpha value is -1.50. The van der Waals surface area contributed by atoms with Crippen molar-refractivity contribution in [1.29, 1.82) is 0 Å². The Morgan fingerprint density at radius 1 is 1.44 bits per heavy atom. The molecule has 18 heavy (non-hydrogen) atoms. The summed E-state index contributed by atoms with van der Waals surface area (Å²) in [5.74, 6) is -2.69. The second-order valence-electron chi connectivity index (χ2n) is 4.07. The number of hydrogen-bond donors (Lipinski definition) is 0. The summed E-state index contributed by atoms with van der Waals surface area (Å²) in [4.78, 5) is 15.5. The predicted octanol–water partition coefficient (Wildman–Crippen LogP) is 2.88. The highest BCUT2D eigenvalue weighted by Gasteiger charge is 2.36. The van der Waals surface area contributed by atoms with E-state index in [2.05, 4.69) is 4.98 Å². The molecule has 0 aliphatic carbocycles. The van der Waals surface area contributed by atoms with Crippen LogP contribution in [0, 0.1) is 10.1 Å². The van der Waals surface area contributed by atoms with Crippen LogP contribution in [0.25, 0.3) is 0 Å². The molecule has 2 rings (SSSR count). The number of anilines is 1. The van der Waals surface area contributed by atoms with Crippen LogP contribution in [0.4, 0.5) is 20.2 Å². The van der Waals surface area contributed by atoms with Crippen molar-refractivity contribution in [3.05, 3.63) is 27.5 Å². The van der Waals surface area contributed by atoms with Gasteiger partial charge in [-0.05, 0) is 6.07 Å². The normalized spacial score (nSPS) is 18.7. The maximum atomic E-state index is 13.0. The van der Waals surface area contributed by atoms with Crippen LogP contribution in [-0.4, -0.2) is 28.9 Å². The quantitative estimate of drug-likeness (QED) is 0.474. The molecule has 98 valence electrons. The topological polar surface area (TPSA) is 59.3 Å². The van der Waals surface area contributed by atoms with Gasteiger partial charge in [0.2, 0.25) is 5.15 Å². The molecule has 1 aromatic heterocycles. The molecule has 0 amide bonds. The van der Waals surface area contributed by atoms with E-state index in [1.54, 1.807) is 4.90 Å². The first kappa shape index (κ1) is 12.9. The molecule has 1 saturated heterocycles. The summed E-state index contributed by atoms with van der Waals surface area (Å²) in [6.07, 6.45) is 0.700. The average Bonchev–Trinajstić information content (AvgIpc) is 2.28. The lowest BCUT2D eigenvalue weighted by Crippen LogP contribution is -2.39. The Labute approximate surface area is 107 Å². The third-order valence-electron chi connectivity index (χ3n) is 2.88. The van der Waals surface area contributed by atoms with E-state index in [1.807, 2.05) is 0 Å². The largest absolute Gasteiger partial charge is 0.365 e. The molecule has 1 aliphatic rings. The third kappa shape index (κ3) is 2.50. The highest BCUT2D eigenvalue weighted by molar-refractivity contribution is 6.32. The Bertz CT molecular complexity index is 474. The zero-order valence-electron chi connectivity index (χ0n) is 9.28. The lowest BCUT2D eigenvalue weighted by atomic mass is 10.1. The van der Waals surface area contributed by atoms with Gasteiger partial charge in [-0.2, -0.15) is 0 Å². The minimum atomic E-state index is -2.69. The highest BCUT2D eigenvalue weighted by atomic mass is 35.5. The summed E-state index contributed by atoms with van der Waals surface area (Å²) in [6.45, 7) is 0.127. The summed E-state index contributed by atoms with van der Waals surface area (Å²) in [5, 5.41) is 10.7. The Morgan fingerprint density at radius 3 is 2.61 bits per heavy atom. The molecule has 0 aromatic carbocycles. The number of nitrogens with zero attached hydrogens (tertiary/aromatic N) is 3. The molecule has 2 heterocycles. The molecule has 0 spiro atoms. The molecular formula is C10H10ClF2N3O2. The zero-order chi connectivity index (χ0) is 13.3. The molecule has 0 unspecified atom stereocenters. The van der Waals surface area contributed by atoms with Crippen molar-refractivity contribution in [3.63, 3.8) is 0 Å². The summed E-state index contributed by atoms with van der Waals surface area (Å²) in [6, 6.07) is 1.42. The van der Waals surface area contributed by atoms with Gasteiger partial charge in [-0.3, -0.25) is 10.1 Å². The maximum absolute atomic E-state index is 13.0. The van der Waals surface area contributed by atoms with Crippen molar-refractivity contribution in [1.82, 2.24) is 4.98 Å². The van der Waals surface area contributed by atoms with Crippen LogP contribution in [0.5, 0.6) is 0 Å². The first-order chi connectivity index (χ1) is 8.41.